The molecule has 1 saturated heterocycles. The highest BCUT2D eigenvalue weighted by atomic mass is 32.1. The van der Waals surface area contributed by atoms with Gasteiger partial charge in [0.25, 0.3) is 0 Å². The number of thiophene rings is 1. The molecular weight excluding hydrogens is 360 g/mol. The van der Waals surface area contributed by atoms with Crippen molar-refractivity contribution in [1.29, 1.82) is 0 Å². The fraction of sp³-hybridized carbons (Fsp3) is 0.632. The first kappa shape index (κ1) is 19.7. The molecule has 2 N–H and O–H groups in total. The van der Waals surface area contributed by atoms with E-state index < -0.39 is 0 Å². The van der Waals surface area contributed by atoms with Crippen LogP contribution in [-0.4, -0.2) is 41.8 Å². The first-order valence-corrected chi connectivity index (χ1v) is 10.5. The van der Waals surface area contributed by atoms with Crippen LogP contribution in [0.3, 0.4) is 0 Å². The molecule has 0 saturated carbocycles. The lowest BCUT2D eigenvalue weighted by Crippen LogP contribution is -2.48. The molecule has 1 fully saturated rings. The smallest absolute Gasteiger partial charge is 0.232 e. The van der Waals surface area contributed by atoms with Crippen LogP contribution in [0.1, 0.15) is 52.3 Å². The van der Waals surface area contributed by atoms with Crippen molar-refractivity contribution in [2.45, 2.75) is 58.5 Å². The fourth-order valence-corrected chi connectivity index (χ4v) is 3.77. The summed E-state index contributed by atoms with van der Waals surface area (Å²) in [6, 6.07) is 4.73. The third kappa shape index (κ3) is 5.45. The molecule has 0 unspecified atom stereocenters. The molecule has 3 rings (SSSR count). The maximum absolute atomic E-state index is 5.34. The first-order valence-electron chi connectivity index (χ1n) is 9.62. The number of aliphatic imine (C=N–C) groups is 1. The predicted molar refractivity (Wildman–Crippen MR) is 111 cm³/mol. The average molecular weight is 391 g/mol. The monoisotopic (exact) mass is 390 g/mol. The standard InChI is InChI=1S/C19H30N6OS/c1-5-20-18(21-13-15-23-17(26-24-15)19(2,3)4)22-14-8-10-25(11-9-14)16-7-6-12-27-16/h6-7,12,14H,5,8-11,13H2,1-4H3,(H2,20,21,22). The summed E-state index contributed by atoms with van der Waals surface area (Å²) in [4.78, 5) is 11.6. The quantitative estimate of drug-likeness (QED) is 0.603. The molecule has 0 amide bonds. The molecule has 2 aromatic heterocycles. The van der Waals surface area contributed by atoms with E-state index in [1.165, 1.54) is 5.00 Å². The van der Waals surface area contributed by atoms with Gasteiger partial charge in [-0.15, -0.1) is 11.3 Å². The van der Waals surface area contributed by atoms with Gasteiger partial charge in [0.1, 0.15) is 6.54 Å². The van der Waals surface area contributed by atoms with E-state index in [4.69, 9.17) is 4.52 Å². The van der Waals surface area contributed by atoms with Gasteiger partial charge in [0.05, 0.1) is 5.00 Å². The summed E-state index contributed by atoms with van der Waals surface area (Å²) >= 11 is 1.81. The van der Waals surface area contributed by atoms with Crippen LogP contribution >= 0.6 is 11.3 Å². The van der Waals surface area contributed by atoms with E-state index in [0.29, 0.717) is 24.3 Å². The zero-order valence-corrected chi connectivity index (χ0v) is 17.5. The van der Waals surface area contributed by atoms with E-state index in [1.54, 1.807) is 0 Å². The Balaban J connectivity index is 1.54. The first-order chi connectivity index (χ1) is 13.0. The topological polar surface area (TPSA) is 78.6 Å². The van der Waals surface area contributed by atoms with Gasteiger partial charge >= 0.3 is 0 Å². The van der Waals surface area contributed by atoms with Crippen LogP contribution in [-0.2, 0) is 12.0 Å². The number of anilines is 1. The molecule has 0 aromatic carbocycles. The van der Waals surface area contributed by atoms with E-state index in [2.05, 4.69) is 75.9 Å². The molecule has 1 aliphatic rings. The van der Waals surface area contributed by atoms with Crippen LogP contribution < -0.4 is 15.5 Å². The van der Waals surface area contributed by atoms with Gasteiger partial charge in [-0.25, -0.2) is 4.99 Å². The molecule has 0 atom stereocenters. The summed E-state index contributed by atoms with van der Waals surface area (Å²) in [6.45, 7) is 11.6. The lowest BCUT2D eigenvalue weighted by molar-refractivity contribution is 0.318. The molecular formula is C19H30N6OS. The Kier molecular flexibility index (Phi) is 6.36. The Morgan fingerprint density at radius 3 is 2.74 bits per heavy atom. The molecule has 148 valence electrons. The van der Waals surface area contributed by atoms with E-state index in [9.17, 15) is 0 Å². The van der Waals surface area contributed by atoms with Crippen molar-refractivity contribution in [2.24, 2.45) is 4.99 Å². The molecule has 1 aliphatic heterocycles. The number of guanidine groups is 1. The zero-order valence-electron chi connectivity index (χ0n) is 16.7. The Morgan fingerprint density at radius 2 is 2.15 bits per heavy atom. The Bertz CT molecular complexity index is 726. The highest BCUT2D eigenvalue weighted by Gasteiger charge is 2.22. The van der Waals surface area contributed by atoms with E-state index in [1.807, 2.05) is 11.3 Å². The number of hydrogen-bond acceptors (Lipinski definition) is 6. The minimum absolute atomic E-state index is 0.145. The van der Waals surface area contributed by atoms with Gasteiger partial charge in [0.2, 0.25) is 5.89 Å². The number of hydrogen-bond donors (Lipinski definition) is 2. The summed E-state index contributed by atoms with van der Waals surface area (Å²) in [7, 11) is 0. The van der Waals surface area contributed by atoms with E-state index >= 15 is 0 Å². The largest absolute Gasteiger partial charge is 0.363 e. The van der Waals surface area contributed by atoms with Gasteiger partial charge in [-0.1, -0.05) is 25.9 Å². The highest BCUT2D eigenvalue weighted by molar-refractivity contribution is 7.14. The Morgan fingerprint density at radius 1 is 1.37 bits per heavy atom. The summed E-state index contributed by atoms with van der Waals surface area (Å²) in [5, 5.41) is 14.4. The molecule has 0 radical (unpaired) electrons. The van der Waals surface area contributed by atoms with Gasteiger partial charge in [-0.2, -0.15) is 4.98 Å². The second kappa shape index (κ2) is 8.73. The molecule has 0 spiro atoms. The molecule has 0 bridgehead atoms. The van der Waals surface area contributed by atoms with Crippen LogP contribution in [0.25, 0.3) is 0 Å². The number of piperidine rings is 1. The van der Waals surface area contributed by atoms with Crippen LogP contribution in [0.5, 0.6) is 0 Å². The van der Waals surface area contributed by atoms with Crippen molar-refractivity contribution in [2.75, 3.05) is 24.5 Å². The third-order valence-corrected chi connectivity index (χ3v) is 5.42. The molecule has 27 heavy (non-hydrogen) atoms. The SMILES string of the molecule is CCNC(=NCc1noc(C(C)(C)C)n1)NC1CCN(c2cccs2)CC1. The summed E-state index contributed by atoms with van der Waals surface area (Å²) < 4.78 is 5.34. The predicted octanol–water partition coefficient (Wildman–Crippen LogP) is 3.15. The summed E-state index contributed by atoms with van der Waals surface area (Å²) in [5.41, 5.74) is -0.145. The van der Waals surface area contributed by atoms with Crippen molar-refractivity contribution in [3.05, 3.63) is 29.2 Å². The number of rotatable bonds is 5. The van der Waals surface area contributed by atoms with Crippen molar-refractivity contribution in [3.63, 3.8) is 0 Å². The van der Waals surface area contributed by atoms with Gasteiger partial charge in [-0.05, 0) is 37.3 Å². The Labute approximate surface area is 165 Å². The molecule has 3 heterocycles. The fourth-order valence-electron chi connectivity index (χ4n) is 2.98. The van der Waals surface area contributed by atoms with Gasteiger partial charge in [-0.3, -0.25) is 0 Å². The van der Waals surface area contributed by atoms with Crippen molar-refractivity contribution >= 4 is 22.3 Å². The molecule has 8 heteroatoms. The maximum Gasteiger partial charge on any atom is 0.232 e. The van der Waals surface area contributed by atoms with Crippen molar-refractivity contribution in [3.8, 4) is 0 Å². The second-order valence-corrected chi connectivity index (χ2v) is 8.74. The number of nitrogens with zero attached hydrogens (tertiary/aromatic N) is 4. The summed E-state index contributed by atoms with van der Waals surface area (Å²) in [6.07, 6.45) is 2.19. The molecule has 0 aliphatic carbocycles. The van der Waals surface area contributed by atoms with Crippen LogP contribution in [0.15, 0.2) is 27.0 Å². The van der Waals surface area contributed by atoms with Crippen LogP contribution in [0, 0.1) is 0 Å². The highest BCUT2D eigenvalue weighted by Crippen LogP contribution is 2.24. The number of aromatic nitrogens is 2. The average Bonchev–Trinajstić information content (AvgIpc) is 3.32. The van der Waals surface area contributed by atoms with Crippen LogP contribution in [0.4, 0.5) is 5.00 Å². The number of nitrogens with one attached hydrogen (secondary N) is 2. The maximum atomic E-state index is 5.34. The van der Waals surface area contributed by atoms with Crippen molar-refractivity contribution in [1.82, 2.24) is 20.8 Å². The van der Waals surface area contributed by atoms with Gasteiger partial charge in [0.15, 0.2) is 11.8 Å². The lowest BCUT2D eigenvalue weighted by Gasteiger charge is -2.33. The van der Waals surface area contributed by atoms with Gasteiger partial charge in [0, 0.05) is 31.1 Å². The lowest BCUT2D eigenvalue weighted by atomic mass is 9.97. The zero-order chi connectivity index (χ0) is 19.3. The van der Waals surface area contributed by atoms with E-state index in [-0.39, 0.29) is 5.41 Å². The molecule has 7 nitrogen and oxygen atoms in total. The van der Waals surface area contributed by atoms with Crippen molar-refractivity contribution < 1.29 is 4.52 Å². The van der Waals surface area contributed by atoms with Gasteiger partial charge < -0.3 is 20.1 Å². The van der Waals surface area contributed by atoms with E-state index in [0.717, 1.165) is 38.4 Å². The minimum atomic E-state index is -0.145. The second-order valence-electron chi connectivity index (χ2n) is 7.82. The molecule has 2 aromatic rings. The normalized spacial score (nSPS) is 16.6. The minimum Gasteiger partial charge on any atom is -0.363 e. The Hall–Kier alpha value is -2.09. The van der Waals surface area contributed by atoms with Crippen LogP contribution in [0.2, 0.25) is 0 Å². The third-order valence-electron chi connectivity index (χ3n) is 4.49. The summed E-state index contributed by atoms with van der Waals surface area (Å²) in [5.74, 6) is 2.07.